The fourth-order valence-electron chi connectivity index (χ4n) is 20.9. The Labute approximate surface area is 637 Å². The van der Waals surface area contributed by atoms with Crippen LogP contribution in [0.15, 0.2) is 231 Å². The van der Waals surface area contributed by atoms with Crippen LogP contribution in [-0.4, -0.2) is 20.1 Å². The van der Waals surface area contributed by atoms with Crippen molar-refractivity contribution >= 4 is 149 Å². The van der Waals surface area contributed by atoms with Crippen molar-refractivity contribution < 1.29 is 4.74 Å². The number of para-hydroxylation sites is 3. The number of ether oxygens (including phenoxy) is 1. The van der Waals surface area contributed by atoms with Gasteiger partial charge in [0, 0.05) is 62.6 Å². The quantitative estimate of drug-likeness (QED) is 0.160. The van der Waals surface area contributed by atoms with E-state index in [0.29, 0.717) is 0 Å². The fourth-order valence-corrected chi connectivity index (χ4v) is 20.9. The highest BCUT2D eigenvalue weighted by atomic mass is 16.5. The third-order valence-corrected chi connectivity index (χ3v) is 24.7. The first-order chi connectivity index (χ1) is 52.3. The van der Waals surface area contributed by atoms with Gasteiger partial charge in [-0.1, -0.05) is 174 Å². The molecule has 0 atom stereocenters. The van der Waals surface area contributed by atoms with Gasteiger partial charge in [-0.05, 0) is 326 Å². The molecule has 20 rings (SSSR count). The van der Waals surface area contributed by atoms with Crippen molar-refractivity contribution in [3.8, 4) is 44.9 Å². The molecular formula is C99H84B3N5O. The molecule has 0 spiro atoms. The Hall–Kier alpha value is -11.9. The lowest BCUT2D eigenvalue weighted by Gasteiger charge is -2.48. The number of benzene rings is 14. The molecule has 9 heteroatoms. The van der Waals surface area contributed by atoms with Crippen LogP contribution in [0, 0.1) is 104 Å². The van der Waals surface area contributed by atoms with E-state index in [4.69, 9.17) is 4.74 Å². The number of anilines is 14. The standard InChI is InChI=1S/C99H84B3N5O/c1-54-38-63(10)97(64(11)39-54)105-82-52-79-75(100-73-34-19-21-36-81(73)104(72-32-17-16-18-33-72)85-45-69(44-80(103-79)94(85)100)91-57(4)26-23-27-58(91)5)50-76(82)102-78-51-77-83(53-84(78)106(98-65(12)40-55(2)41-66(98)13)87-47-70(46-86(105)95(87)102)92-59(6)28-24-29-60(92)7)107(99-67(14)42-56(3)43-68(99)15)88-48-71(93-61(8)30-25-31-62(93)9)49-90-96(88)101(77)74-35-20-22-37-89(74)108-90/h16-53,103H,1-15H3. The van der Waals surface area contributed by atoms with Crippen LogP contribution in [0.4, 0.5) is 79.6 Å². The number of rotatable bonds is 7. The molecule has 0 saturated heterocycles. The zero-order valence-corrected chi connectivity index (χ0v) is 64.4. The average Bonchev–Trinajstić information content (AvgIpc) is 0.679. The number of hydrogen-bond acceptors (Lipinski definition) is 6. The lowest BCUT2D eigenvalue weighted by Crippen LogP contribution is -2.66. The van der Waals surface area contributed by atoms with Gasteiger partial charge < -0.3 is 29.7 Å². The molecule has 14 aromatic carbocycles. The van der Waals surface area contributed by atoms with E-state index < -0.39 is 0 Å². The molecule has 0 unspecified atom stereocenters. The van der Waals surface area contributed by atoms with Crippen LogP contribution in [0.25, 0.3) is 33.4 Å². The molecule has 6 heterocycles. The van der Waals surface area contributed by atoms with Crippen LogP contribution in [0.5, 0.6) is 11.5 Å². The van der Waals surface area contributed by atoms with E-state index in [-0.39, 0.29) is 20.1 Å². The van der Waals surface area contributed by atoms with Gasteiger partial charge in [-0.15, -0.1) is 0 Å². The van der Waals surface area contributed by atoms with Crippen molar-refractivity contribution in [2.45, 2.75) is 104 Å². The van der Waals surface area contributed by atoms with E-state index in [1.807, 2.05) is 0 Å². The molecule has 0 fully saturated rings. The molecule has 0 aliphatic carbocycles. The van der Waals surface area contributed by atoms with Crippen molar-refractivity contribution in [3.05, 3.63) is 314 Å². The van der Waals surface area contributed by atoms with Gasteiger partial charge in [0.15, 0.2) is 0 Å². The van der Waals surface area contributed by atoms with Gasteiger partial charge in [0.1, 0.15) is 11.5 Å². The maximum atomic E-state index is 7.43. The van der Waals surface area contributed by atoms with E-state index in [1.54, 1.807) is 0 Å². The summed E-state index contributed by atoms with van der Waals surface area (Å²) in [5.74, 6) is 1.78. The summed E-state index contributed by atoms with van der Waals surface area (Å²) >= 11 is 0. The zero-order valence-electron chi connectivity index (χ0n) is 64.4. The number of fused-ring (bicyclic) bond motifs is 12. The second-order valence-electron chi connectivity index (χ2n) is 32.1. The number of hydrogen-bond donors (Lipinski definition) is 1. The summed E-state index contributed by atoms with van der Waals surface area (Å²) in [4.78, 5) is 10.6. The summed E-state index contributed by atoms with van der Waals surface area (Å²) in [6.07, 6.45) is 0. The van der Waals surface area contributed by atoms with Crippen molar-refractivity contribution in [1.29, 1.82) is 0 Å². The molecule has 14 aromatic rings. The summed E-state index contributed by atoms with van der Waals surface area (Å²) < 4.78 is 7.43. The first-order valence-electron chi connectivity index (χ1n) is 38.5. The van der Waals surface area contributed by atoms with Gasteiger partial charge in [0.2, 0.25) is 0 Å². The van der Waals surface area contributed by atoms with Crippen LogP contribution < -0.4 is 78.8 Å². The Morgan fingerprint density at radius 1 is 0.241 bits per heavy atom. The van der Waals surface area contributed by atoms with Crippen LogP contribution in [0.1, 0.15) is 83.5 Å². The van der Waals surface area contributed by atoms with Gasteiger partial charge in [-0.25, -0.2) is 0 Å². The third kappa shape index (κ3) is 9.55. The van der Waals surface area contributed by atoms with E-state index in [9.17, 15) is 0 Å². The lowest BCUT2D eigenvalue weighted by molar-refractivity contribution is 0.487. The molecule has 6 aliphatic rings. The maximum Gasteiger partial charge on any atom is 0.256 e. The van der Waals surface area contributed by atoms with Crippen LogP contribution >= 0.6 is 0 Å². The largest absolute Gasteiger partial charge is 0.458 e. The molecule has 0 saturated carbocycles. The highest BCUT2D eigenvalue weighted by molar-refractivity contribution is 7.04. The third-order valence-electron chi connectivity index (χ3n) is 24.7. The first kappa shape index (κ1) is 65.6. The van der Waals surface area contributed by atoms with Crippen LogP contribution in [0.3, 0.4) is 0 Å². The number of aryl methyl sites for hydroxylation is 15. The van der Waals surface area contributed by atoms with Crippen LogP contribution in [0.2, 0.25) is 0 Å². The summed E-state index contributed by atoms with van der Waals surface area (Å²) in [6, 6.07) is 89.3. The van der Waals surface area contributed by atoms with Gasteiger partial charge in [-0.3, -0.25) is 0 Å². The number of nitrogens with one attached hydrogen (secondary N) is 1. The SMILES string of the molecule is Cc1cc(C)c(N2c3cc4c(cc3B3c5ccccc5Oc5cc(-c6c(C)cccc6C)cc2c53)B2c3cc5c(cc3N(c3c(C)cc(C)cc3C)c3cc(-c6c(C)cccc6C)cc(c32)N4c2c(C)cc(C)cc2C)Nc2cc(-c3c(C)cccc3C)cc3c2B5c2ccccc2N3c2ccccc2)c(C)c1. The summed E-state index contributed by atoms with van der Waals surface area (Å²) in [7, 11) is 0. The minimum Gasteiger partial charge on any atom is -0.458 e. The molecule has 0 amide bonds. The Morgan fingerprint density at radius 3 is 1.11 bits per heavy atom. The lowest BCUT2D eigenvalue weighted by atomic mass is 9.29. The second kappa shape index (κ2) is 24.0. The molecule has 0 bridgehead atoms. The summed E-state index contributed by atoms with van der Waals surface area (Å²) in [6.45, 7) is 33.8. The van der Waals surface area contributed by atoms with Crippen molar-refractivity contribution in [2.24, 2.45) is 0 Å². The second-order valence-corrected chi connectivity index (χ2v) is 32.1. The van der Waals surface area contributed by atoms with Crippen LogP contribution in [-0.2, 0) is 0 Å². The van der Waals surface area contributed by atoms with Crippen molar-refractivity contribution in [3.63, 3.8) is 0 Å². The normalized spacial score (nSPS) is 13.5. The molecule has 6 nitrogen and oxygen atoms in total. The van der Waals surface area contributed by atoms with Crippen molar-refractivity contribution in [1.82, 2.24) is 0 Å². The average molecular weight is 1390 g/mol. The van der Waals surface area contributed by atoms with Gasteiger partial charge in [-0.2, -0.15) is 0 Å². The monoisotopic (exact) mass is 1390 g/mol. The molecule has 6 aliphatic heterocycles. The van der Waals surface area contributed by atoms with Crippen molar-refractivity contribution in [2.75, 3.05) is 24.9 Å². The van der Waals surface area contributed by atoms with E-state index >= 15 is 0 Å². The molecule has 0 radical (unpaired) electrons. The summed E-state index contributed by atoms with van der Waals surface area (Å²) in [5, 5.41) is 4.35. The smallest absolute Gasteiger partial charge is 0.256 e. The highest BCUT2D eigenvalue weighted by Crippen LogP contribution is 2.54. The Bertz CT molecular complexity index is 6200. The van der Waals surface area contributed by atoms with E-state index in [2.05, 4.69) is 359 Å². The Balaban J connectivity index is 0.947. The predicted molar refractivity (Wildman–Crippen MR) is 463 cm³/mol. The Morgan fingerprint density at radius 2 is 0.620 bits per heavy atom. The molecule has 1 N–H and O–H groups in total. The van der Waals surface area contributed by atoms with Gasteiger partial charge >= 0.3 is 0 Å². The first-order valence-corrected chi connectivity index (χ1v) is 38.5. The molecule has 0 aromatic heterocycles. The van der Waals surface area contributed by atoms with Gasteiger partial charge in [0.05, 0.1) is 17.1 Å². The van der Waals surface area contributed by atoms with Gasteiger partial charge in [0.25, 0.3) is 20.1 Å². The molecule has 108 heavy (non-hydrogen) atoms. The predicted octanol–water partition coefficient (Wildman–Crippen LogP) is 20.2. The van der Waals surface area contributed by atoms with E-state index in [0.717, 1.165) is 51.0 Å². The topological polar surface area (TPSA) is 34.2 Å². The highest BCUT2D eigenvalue weighted by Gasteiger charge is 2.51. The number of nitrogens with zero attached hydrogens (tertiary/aromatic N) is 4. The minimum absolute atomic E-state index is 0.138. The zero-order chi connectivity index (χ0) is 73.9. The maximum absolute atomic E-state index is 7.43. The molecule has 520 valence electrons. The van der Waals surface area contributed by atoms with E-state index in [1.165, 1.54) is 206 Å². The molecular weight excluding hydrogens is 1310 g/mol. The summed E-state index contributed by atoms with van der Waals surface area (Å²) in [5.41, 5.74) is 53.4. The minimum atomic E-state index is -0.280. The fraction of sp³-hybridized carbons (Fsp3) is 0.152. The Kier molecular flexibility index (Phi) is 14.6.